The Balaban J connectivity index is 1.40. The molecule has 3 heterocycles. The van der Waals surface area contributed by atoms with Crippen molar-refractivity contribution in [1.82, 2.24) is 19.3 Å². The SMILES string of the molecule is COS(=O)(=O)N[C@H]1C[C@@H](n2ccc3c(N[C@H]4CCOc5ccccc54)ncnc32)C[C@@H]1O. The van der Waals surface area contributed by atoms with E-state index < -0.39 is 22.4 Å². The summed E-state index contributed by atoms with van der Waals surface area (Å²) in [6.45, 7) is 0.628. The zero-order chi connectivity index (χ0) is 22.3. The van der Waals surface area contributed by atoms with Crippen molar-refractivity contribution in [2.75, 3.05) is 19.0 Å². The minimum absolute atomic E-state index is 0.0718. The largest absolute Gasteiger partial charge is 0.493 e. The first-order valence-electron chi connectivity index (χ1n) is 10.5. The Hall–Kier alpha value is -2.73. The van der Waals surface area contributed by atoms with Crippen LogP contribution in [0.3, 0.4) is 0 Å². The fraction of sp³-hybridized carbons (Fsp3) is 0.429. The Morgan fingerprint density at radius 1 is 1.22 bits per heavy atom. The molecule has 0 spiro atoms. The number of ether oxygens (including phenoxy) is 1. The van der Waals surface area contributed by atoms with Crippen molar-refractivity contribution in [1.29, 1.82) is 0 Å². The van der Waals surface area contributed by atoms with Crippen LogP contribution in [0.5, 0.6) is 5.75 Å². The van der Waals surface area contributed by atoms with E-state index in [-0.39, 0.29) is 12.1 Å². The van der Waals surface area contributed by atoms with Gasteiger partial charge in [0.25, 0.3) is 0 Å². The van der Waals surface area contributed by atoms with Crippen LogP contribution < -0.4 is 14.8 Å². The first-order chi connectivity index (χ1) is 15.4. The molecule has 4 atom stereocenters. The number of nitrogens with one attached hydrogen (secondary N) is 2. The molecule has 1 fully saturated rings. The van der Waals surface area contributed by atoms with Gasteiger partial charge in [0.2, 0.25) is 0 Å². The molecule has 2 aliphatic rings. The second kappa shape index (κ2) is 8.32. The van der Waals surface area contributed by atoms with Gasteiger partial charge in [0, 0.05) is 24.2 Å². The summed E-state index contributed by atoms with van der Waals surface area (Å²) in [6, 6.07) is 9.25. The Labute approximate surface area is 185 Å². The van der Waals surface area contributed by atoms with Crippen molar-refractivity contribution in [3.8, 4) is 5.75 Å². The fourth-order valence-corrected chi connectivity index (χ4v) is 5.33. The second-order valence-electron chi connectivity index (χ2n) is 8.09. The standard InChI is InChI=1S/C21H25N5O5S/c1-30-32(28,29)25-17-10-13(11-18(17)27)26-8-6-15-20(22-12-23-21(15)26)24-16-7-9-31-19-5-3-2-4-14(16)19/h2-6,8,12-13,16-18,25,27H,7,9-11H2,1H3,(H,22,23,24)/t13-,16+,17+,18+/m1/s1. The summed E-state index contributed by atoms with van der Waals surface area (Å²) in [6.07, 6.45) is 4.25. The molecular formula is C21H25N5O5S. The molecule has 32 heavy (non-hydrogen) atoms. The Kier molecular flexibility index (Phi) is 5.49. The molecule has 0 bridgehead atoms. The maximum atomic E-state index is 11.7. The molecule has 2 aromatic heterocycles. The number of nitrogens with zero attached hydrogens (tertiary/aromatic N) is 3. The summed E-state index contributed by atoms with van der Waals surface area (Å²) in [5, 5.41) is 14.8. The third kappa shape index (κ3) is 3.92. The summed E-state index contributed by atoms with van der Waals surface area (Å²) < 4.78 is 38.1. The van der Waals surface area contributed by atoms with E-state index in [1.54, 1.807) is 0 Å². The van der Waals surface area contributed by atoms with Crippen LogP contribution in [0.2, 0.25) is 0 Å². The van der Waals surface area contributed by atoms with Gasteiger partial charge in [-0.25, -0.2) is 9.97 Å². The molecule has 3 N–H and O–H groups in total. The highest BCUT2D eigenvalue weighted by molar-refractivity contribution is 7.84. The number of para-hydroxylation sites is 1. The van der Waals surface area contributed by atoms with E-state index in [4.69, 9.17) is 4.74 Å². The van der Waals surface area contributed by atoms with Gasteiger partial charge in [-0.1, -0.05) is 18.2 Å². The number of hydrogen-bond donors (Lipinski definition) is 3. The third-order valence-corrected chi connectivity index (χ3v) is 7.22. The van der Waals surface area contributed by atoms with Gasteiger partial charge in [-0.2, -0.15) is 13.1 Å². The molecule has 0 unspecified atom stereocenters. The number of rotatable bonds is 6. The van der Waals surface area contributed by atoms with Crippen LogP contribution >= 0.6 is 0 Å². The lowest BCUT2D eigenvalue weighted by Gasteiger charge is -2.27. The van der Waals surface area contributed by atoms with Crippen molar-refractivity contribution >= 4 is 27.2 Å². The number of aliphatic hydroxyl groups is 1. The Bertz CT molecular complexity index is 1230. The van der Waals surface area contributed by atoms with Gasteiger partial charge < -0.3 is 19.7 Å². The molecule has 3 aromatic rings. The van der Waals surface area contributed by atoms with E-state index >= 15 is 0 Å². The van der Waals surface area contributed by atoms with Crippen LogP contribution in [0.25, 0.3) is 11.0 Å². The summed E-state index contributed by atoms with van der Waals surface area (Å²) in [7, 11) is -2.80. The van der Waals surface area contributed by atoms with E-state index in [9.17, 15) is 13.5 Å². The normalized spacial score (nSPS) is 25.4. The van der Waals surface area contributed by atoms with Crippen molar-refractivity contribution in [3.05, 3.63) is 48.4 Å². The lowest BCUT2D eigenvalue weighted by Crippen LogP contribution is -2.40. The number of fused-ring (bicyclic) bond motifs is 2. The van der Waals surface area contributed by atoms with Gasteiger partial charge in [0.1, 0.15) is 23.5 Å². The Morgan fingerprint density at radius 2 is 2.06 bits per heavy atom. The Morgan fingerprint density at radius 3 is 2.91 bits per heavy atom. The van der Waals surface area contributed by atoms with Crippen LogP contribution in [-0.2, 0) is 14.5 Å². The number of anilines is 1. The van der Waals surface area contributed by atoms with Gasteiger partial charge in [-0.15, -0.1) is 0 Å². The van der Waals surface area contributed by atoms with E-state index in [2.05, 4.69) is 30.3 Å². The molecule has 1 aromatic carbocycles. The molecule has 0 saturated heterocycles. The molecule has 0 radical (unpaired) electrons. The molecule has 11 heteroatoms. The smallest absolute Gasteiger partial charge is 0.335 e. The lowest BCUT2D eigenvalue weighted by molar-refractivity contribution is 0.154. The molecule has 1 aliphatic heterocycles. The van der Waals surface area contributed by atoms with Crippen molar-refractivity contribution < 1.29 is 22.4 Å². The molecule has 170 valence electrons. The van der Waals surface area contributed by atoms with E-state index in [1.807, 2.05) is 35.0 Å². The topological polar surface area (TPSA) is 128 Å². The monoisotopic (exact) mass is 459 g/mol. The zero-order valence-electron chi connectivity index (χ0n) is 17.5. The average molecular weight is 460 g/mol. The van der Waals surface area contributed by atoms with Crippen LogP contribution in [-0.4, -0.2) is 53.9 Å². The number of aromatic nitrogens is 3. The maximum Gasteiger partial charge on any atom is 0.335 e. The summed E-state index contributed by atoms with van der Waals surface area (Å²) in [5.41, 5.74) is 1.83. The number of benzene rings is 1. The van der Waals surface area contributed by atoms with Crippen molar-refractivity contribution in [3.63, 3.8) is 0 Å². The molecular weight excluding hydrogens is 434 g/mol. The average Bonchev–Trinajstić information content (AvgIpc) is 3.38. The van der Waals surface area contributed by atoms with E-state index in [1.165, 1.54) is 6.33 Å². The molecule has 5 rings (SSSR count). The molecule has 1 aliphatic carbocycles. The predicted molar refractivity (Wildman–Crippen MR) is 118 cm³/mol. The second-order valence-corrected chi connectivity index (χ2v) is 9.57. The summed E-state index contributed by atoms with van der Waals surface area (Å²) >= 11 is 0. The van der Waals surface area contributed by atoms with Gasteiger partial charge in [-0.05, 0) is 25.0 Å². The minimum Gasteiger partial charge on any atom is -0.493 e. The van der Waals surface area contributed by atoms with Crippen LogP contribution in [0.4, 0.5) is 5.82 Å². The quantitative estimate of drug-likeness (QED) is 0.510. The van der Waals surface area contributed by atoms with E-state index in [0.717, 1.165) is 41.7 Å². The van der Waals surface area contributed by atoms with Crippen LogP contribution in [0.1, 0.15) is 36.9 Å². The molecule has 10 nitrogen and oxygen atoms in total. The molecule has 0 amide bonds. The van der Waals surface area contributed by atoms with Gasteiger partial charge in [0.15, 0.2) is 0 Å². The molecule has 1 saturated carbocycles. The number of hydrogen-bond acceptors (Lipinski definition) is 8. The fourth-order valence-electron chi connectivity index (χ4n) is 4.61. The summed E-state index contributed by atoms with van der Waals surface area (Å²) in [5.74, 6) is 1.61. The first-order valence-corrected chi connectivity index (χ1v) is 11.9. The first kappa shape index (κ1) is 21.1. The van der Waals surface area contributed by atoms with Gasteiger partial charge >= 0.3 is 10.3 Å². The minimum atomic E-state index is -3.88. The number of aliphatic hydroxyl groups excluding tert-OH is 1. The predicted octanol–water partition coefficient (Wildman–Crippen LogP) is 1.91. The van der Waals surface area contributed by atoms with Gasteiger partial charge in [0.05, 0.1) is 37.3 Å². The highest BCUT2D eigenvalue weighted by atomic mass is 32.2. The van der Waals surface area contributed by atoms with E-state index in [0.29, 0.717) is 19.4 Å². The zero-order valence-corrected chi connectivity index (χ0v) is 18.3. The highest BCUT2D eigenvalue weighted by Gasteiger charge is 2.37. The van der Waals surface area contributed by atoms with Gasteiger partial charge in [-0.3, -0.25) is 4.18 Å². The lowest BCUT2D eigenvalue weighted by atomic mass is 10.0. The third-order valence-electron chi connectivity index (χ3n) is 6.19. The highest BCUT2D eigenvalue weighted by Crippen LogP contribution is 2.37. The maximum absolute atomic E-state index is 11.7. The van der Waals surface area contributed by atoms with Crippen molar-refractivity contribution in [2.24, 2.45) is 0 Å². The summed E-state index contributed by atoms with van der Waals surface area (Å²) in [4.78, 5) is 8.94. The van der Waals surface area contributed by atoms with Crippen LogP contribution in [0, 0.1) is 0 Å². The van der Waals surface area contributed by atoms with Crippen molar-refractivity contribution in [2.45, 2.75) is 43.5 Å². The van der Waals surface area contributed by atoms with Crippen LogP contribution in [0.15, 0.2) is 42.9 Å².